The lowest BCUT2D eigenvalue weighted by molar-refractivity contribution is 0.339. The molecule has 0 aliphatic carbocycles. The summed E-state index contributed by atoms with van der Waals surface area (Å²) in [6.45, 7) is 5.28. The van der Waals surface area contributed by atoms with Crippen molar-refractivity contribution in [3.63, 3.8) is 0 Å². The summed E-state index contributed by atoms with van der Waals surface area (Å²) in [7, 11) is 0. The fraction of sp³-hybridized carbons (Fsp3) is 0.500. The highest BCUT2D eigenvalue weighted by atomic mass is 15.2. The van der Waals surface area contributed by atoms with E-state index in [0.29, 0.717) is 11.8 Å². The molecule has 1 unspecified atom stereocenters. The second kappa shape index (κ2) is 7.20. The van der Waals surface area contributed by atoms with E-state index in [-0.39, 0.29) is 0 Å². The van der Waals surface area contributed by atoms with Gasteiger partial charge in [-0.1, -0.05) is 44.2 Å². The van der Waals surface area contributed by atoms with Crippen LogP contribution in [0.5, 0.6) is 0 Å². The van der Waals surface area contributed by atoms with Gasteiger partial charge in [0, 0.05) is 12.0 Å². The molecule has 1 aromatic heterocycles. The Morgan fingerprint density at radius 1 is 1.15 bits per heavy atom. The summed E-state index contributed by atoms with van der Waals surface area (Å²) in [5, 5.41) is 7.34. The Hall–Kier alpha value is -1.68. The molecule has 3 N–H and O–H groups in total. The number of hydrogen-bond acceptors (Lipinski definition) is 3. The number of benzene rings is 1. The van der Waals surface area contributed by atoms with Crippen LogP contribution in [0.2, 0.25) is 0 Å². The number of nitrogens with zero attached hydrogens (tertiary/aromatic N) is 2. The maximum absolute atomic E-state index is 5.68. The molecule has 2 rings (SSSR count). The predicted molar refractivity (Wildman–Crippen MR) is 82.1 cm³/mol. The Kier molecular flexibility index (Phi) is 5.30. The summed E-state index contributed by atoms with van der Waals surface area (Å²) in [4.78, 5) is 4.57. The number of nitrogens with one attached hydrogen (secondary N) is 1. The van der Waals surface area contributed by atoms with Crippen molar-refractivity contribution < 1.29 is 0 Å². The van der Waals surface area contributed by atoms with Crippen LogP contribution in [0.3, 0.4) is 0 Å². The average molecular weight is 272 g/mol. The van der Waals surface area contributed by atoms with Crippen molar-refractivity contribution >= 4 is 0 Å². The highest BCUT2D eigenvalue weighted by molar-refractivity contribution is 5.53. The fourth-order valence-electron chi connectivity index (χ4n) is 2.47. The van der Waals surface area contributed by atoms with Crippen LogP contribution in [0.25, 0.3) is 11.4 Å². The minimum atomic E-state index is 0.658. The number of aryl methyl sites for hydroxylation is 1. The van der Waals surface area contributed by atoms with Crippen molar-refractivity contribution in [1.29, 1.82) is 0 Å². The first-order chi connectivity index (χ1) is 9.70. The van der Waals surface area contributed by atoms with E-state index < -0.39 is 0 Å². The van der Waals surface area contributed by atoms with Crippen molar-refractivity contribution in [1.82, 2.24) is 15.2 Å². The van der Waals surface area contributed by atoms with E-state index in [1.54, 1.807) is 0 Å². The first-order valence-corrected chi connectivity index (χ1v) is 7.37. The molecule has 0 bridgehead atoms. The van der Waals surface area contributed by atoms with Gasteiger partial charge in [0.05, 0.1) is 0 Å². The van der Waals surface area contributed by atoms with Crippen molar-refractivity contribution in [3.8, 4) is 11.4 Å². The van der Waals surface area contributed by atoms with E-state index in [1.807, 2.05) is 30.3 Å². The fourth-order valence-corrected chi connectivity index (χ4v) is 2.47. The highest BCUT2D eigenvalue weighted by Crippen LogP contribution is 2.21. The van der Waals surface area contributed by atoms with E-state index in [2.05, 4.69) is 29.0 Å². The van der Waals surface area contributed by atoms with Crippen LogP contribution in [-0.2, 0) is 6.42 Å². The predicted octanol–water partition coefficient (Wildman–Crippen LogP) is 3.03. The van der Waals surface area contributed by atoms with Crippen LogP contribution in [0.1, 0.15) is 32.5 Å². The molecule has 1 heterocycles. The molecular formula is C16H24N4. The number of aromatic amines is 1. The third-order valence-corrected chi connectivity index (χ3v) is 3.80. The topological polar surface area (TPSA) is 67.6 Å². The summed E-state index contributed by atoms with van der Waals surface area (Å²) in [6.07, 6.45) is 3.12. The Balaban J connectivity index is 1.96. The van der Waals surface area contributed by atoms with E-state index in [9.17, 15) is 0 Å². The van der Waals surface area contributed by atoms with Crippen LogP contribution in [-0.4, -0.2) is 21.7 Å². The molecule has 2 aromatic rings. The summed E-state index contributed by atoms with van der Waals surface area (Å²) >= 11 is 0. The van der Waals surface area contributed by atoms with Gasteiger partial charge in [0.2, 0.25) is 0 Å². The monoisotopic (exact) mass is 272 g/mol. The first-order valence-electron chi connectivity index (χ1n) is 7.37. The number of H-pyrrole nitrogens is 1. The lowest BCUT2D eigenvalue weighted by Gasteiger charge is -2.19. The van der Waals surface area contributed by atoms with Gasteiger partial charge >= 0.3 is 0 Å². The molecule has 20 heavy (non-hydrogen) atoms. The van der Waals surface area contributed by atoms with Gasteiger partial charge in [-0.3, -0.25) is 5.10 Å². The zero-order chi connectivity index (χ0) is 14.4. The van der Waals surface area contributed by atoms with Gasteiger partial charge in [0.25, 0.3) is 0 Å². The molecule has 108 valence electrons. The third-order valence-electron chi connectivity index (χ3n) is 3.80. The van der Waals surface area contributed by atoms with Crippen molar-refractivity contribution in [2.75, 3.05) is 6.54 Å². The number of nitrogens with two attached hydrogens (primary N) is 1. The maximum Gasteiger partial charge on any atom is 0.181 e. The molecule has 0 aliphatic rings. The average Bonchev–Trinajstić information content (AvgIpc) is 2.93. The smallest absolute Gasteiger partial charge is 0.181 e. The van der Waals surface area contributed by atoms with Gasteiger partial charge in [-0.05, 0) is 31.2 Å². The summed E-state index contributed by atoms with van der Waals surface area (Å²) < 4.78 is 0. The molecule has 4 nitrogen and oxygen atoms in total. The molecular weight excluding hydrogens is 248 g/mol. The van der Waals surface area contributed by atoms with E-state index in [0.717, 1.165) is 43.0 Å². The number of hydrogen-bond donors (Lipinski definition) is 2. The van der Waals surface area contributed by atoms with Gasteiger partial charge in [-0.15, -0.1) is 0 Å². The highest BCUT2D eigenvalue weighted by Gasteiger charge is 2.14. The third kappa shape index (κ3) is 3.90. The second-order valence-corrected chi connectivity index (χ2v) is 5.59. The Labute approximate surface area is 120 Å². The van der Waals surface area contributed by atoms with Gasteiger partial charge < -0.3 is 5.73 Å². The molecule has 0 radical (unpaired) electrons. The first kappa shape index (κ1) is 14.7. The molecule has 0 saturated carbocycles. The van der Waals surface area contributed by atoms with Gasteiger partial charge in [0.1, 0.15) is 5.82 Å². The largest absolute Gasteiger partial charge is 0.330 e. The maximum atomic E-state index is 5.68. The molecule has 1 aromatic carbocycles. The van der Waals surface area contributed by atoms with Gasteiger partial charge in [0.15, 0.2) is 5.82 Å². The molecule has 0 spiro atoms. The van der Waals surface area contributed by atoms with Crippen molar-refractivity contribution in [2.45, 2.75) is 33.1 Å². The SMILES string of the molecule is CC(C)C(CCN)CCc1nc(-c2ccccc2)n[nH]1. The van der Waals surface area contributed by atoms with Gasteiger partial charge in [-0.2, -0.15) is 5.10 Å². The van der Waals surface area contributed by atoms with Crippen LogP contribution >= 0.6 is 0 Å². The molecule has 1 atom stereocenters. The van der Waals surface area contributed by atoms with Crippen LogP contribution in [0, 0.1) is 11.8 Å². The molecule has 0 saturated heterocycles. The summed E-state index contributed by atoms with van der Waals surface area (Å²) in [5.74, 6) is 3.06. The summed E-state index contributed by atoms with van der Waals surface area (Å²) in [5.41, 5.74) is 6.73. The minimum absolute atomic E-state index is 0.658. The number of aromatic nitrogens is 3. The molecule has 0 fully saturated rings. The van der Waals surface area contributed by atoms with Crippen molar-refractivity contribution in [2.24, 2.45) is 17.6 Å². The standard InChI is InChI=1S/C16H24N4/c1-12(2)13(10-11-17)8-9-15-18-16(20-19-15)14-6-4-3-5-7-14/h3-7,12-13H,8-11,17H2,1-2H3,(H,18,19,20). The minimum Gasteiger partial charge on any atom is -0.330 e. The Morgan fingerprint density at radius 2 is 1.90 bits per heavy atom. The van der Waals surface area contributed by atoms with Crippen molar-refractivity contribution in [3.05, 3.63) is 36.2 Å². The Bertz CT molecular complexity index is 504. The lowest BCUT2D eigenvalue weighted by Crippen LogP contribution is -2.15. The quantitative estimate of drug-likeness (QED) is 0.814. The zero-order valence-electron chi connectivity index (χ0n) is 12.3. The van der Waals surface area contributed by atoms with E-state index >= 15 is 0 Å². The second-order valence-electron chi connectivity index (χ2n) is 5.59. The zero-order valence-corrected chi connectivity index (χ0v) is 12.3. The van der Waals surface area contributed by atoms with Crippen LogP contribution < -0.4 is 5.73 Å². The molecule has 0 amide bonds. The van der Waals surface area contributed by atoms with Gasteiger partial charge in [-0.25, -0.2) is 4.98 Å². The lowest BCUT2D eigenvalue weighted by atomic mass is 9.88. The van der Waals surface area contributed by atoms with E-state index in [4.69, 9.17) is 5.73 Å². The van der Waals surface area contributed by atoms with Crippen LogP contribution in [0.4, 0.5) is 0 Å². The van der Waals surface area contributed by atoms with E-state index in [1.165, 1.54) is 0 Å². The number of rotatable bonds is 7. The Morgan fingerprint density at radius 3 is 2.55 bits per heavy atom. The van der Waals surface area contributed by atoms with Crippen LogP contribution in [0.15, 0.2) is 30.3 Å². The molecule has 0 aliphatic heterocycles. The summed E-state index contributed by atoms with van der Waals surface area (Å²) in [6, 6.07) is 10.1. The molecule has 4 heteroatoms. The normalized spacial score (nSPS) is 12.8.